The van der Waals surface area contributed by atoms with Gasteiger partial charge in [0, 0.05) is 12.6 Å². The van der Waals surface area contributed by atoms with Crippen molar-refractivity contribution in [1.82, 2.24) is 4.98 Å². The van der Waals surface area contributed by atoms with Gasteiger partial charge in [-0.25, -0.2) is 0 Å². The minimum Gasteiger partial charge on any atom is -0.423 e. The standard InChI is InChI=1S/C13H18N2O4S/c1-10(2)15(8-9-18-20(3,16)17)13-14-11-6-4-5-7-12(11)19-13/h4-7,10H,8-9H2,1-3H3. The van der Waals surface area contributed by atoms with Crippen molar-refractivity contribution in [3.05, 3.63) is 24.3 Å². The van der Waals surface area contributed by atoms with Gasteiger partial charge in [-0.1, -0.05) is 12.1 Å². The summed E-state index contributed by atoms with van der Waals surface area (Å²) in [7, 11) is -3.43. The van der Waals surface area contributed by atoms with Crippen LogP contribution in [-0.2, 0) is 14.3 Å². The minimum absolute atomic E-state index is 0.0652. The fraction of sp³-hybridized carbons (Fsp3) is 0.462. The number of benzene rings is 1. The molecule has 0 saturated heterocycles. The third-order valence-electron chi connectivity index (χ3n) is 2.78. The van der Waals surface area contributed by atoms with Crippen molar-refractivity contribution in [3.63, 3.8) is 0 Å². The molecule has 0 amide bonds. The summed E-state index contributed by atoms with van der Waals surface area (Å²) in [6.45, 7) is 4.41. The van der Waals surface area contributed by atoms with Gasteiger partial charge in [0.1, 0.15) is 5.52 Å². The van der Waals surface area contributed by atoms with Crippen LogP contribution >= 0.6 is 0 Å². The van der Waals surface area contributed by atoms with Crippen LogP contribution in [0.15, 0.2) is 28.7 Å². The molecule has 0 aliphatic carbocycles. The molecule has 1 aromatic heterocycles. The lowest BCUT2D eigenvalue weighted by Crippen LogP contribution is -2.34. The molecule has 0 spiro atoms. The van der Waals surface area contributed by atoms with Crippen molar-refractivity contribution in [2.24, 2.45) is 0 Å². The Kier molecular flexibility index (Phi) is 4.29. The number of rotatable bonds is 6. The van der Waals surface area contributed by atoms with E-state index in [9.17, 15) is 8.42 Å². The van der Waals surface area contributed by atoms with E-state index in [1.54, 1.807) is 0 Å². The minimum atomic E-state index is -3.43. The Hall–Kier alpha value is -1.60. The summed E-state index contributed by atoms with van der Waals surface area (Å²) >= 11 is 0. The van der Waals surface area contributed by atoms with Gasteiger partial charge in [0.25, 0.3) is 16.1 Å². The van der Waals surface area contributed by atoms with E-state index in [-0.39, 0.29) is 12.6 Å². The third kappa shape index (κ3) is 3.71. The number of aromatic nitrogens is 1. The van der Waals surface area contributed by atoms with E-state index in [0.717, 1.165) is 11.8 Å². The van der Waals surface area contributed by atoms with Crippen molar-refractivity contribution in [2.45, 2.75) is 19.9 Å². The van der Waals surface area contributed by atoms with Gasteiger partial charge in [-0.05, 0) is 26.0 Å². The summed E-state index contributed by atoms with van der Waals surface area (Å²) in [5, 5.41) is 0. The number of fused-ring (bicyclic) bond motifs is 1. The molecule has 0 aliphatic rings. The van der Waals surface area contributed by atoms with Crippen molar-refractivity contribution < 1.29 is 17.0 Å². The largest absolute Gasteiger partial charge is 0.423 e. The molecule has 1 aromatic carbocycles. The van der Waals surface area contributed by atoms with Crippen LogP contribution < -0.4 is 4.90 Å². The predicted molar refractivity (Wildman–Crippen MR) is 77.3 cm³/mol. The van der Waals surface area contributed by atoms with Gasteiger partial charge in [0.05, 0.1) is 12.9 Å². The zero-order valence-corrected chi connectivity index (χ0v) is 12.6. The second kappa shape index (κ2) is 5.80. The Morgan fingerprint density at radius 2 is 2.05 bits per heavy atom. The van der Waals surface area contributed by atoms with Crippen molar-refractivity contribution in [2.75, 3.05) is 24.3 Å². The number of anilines is 1. The monoisotopic (exact) mass is 298 g/mol. The Balaban J connectivity index is 2.15. The lowest BCUT2D eigenvalue weighted by molar-refractivity contribution is 0.321. The van der Waals surface area contributed by atoms with Crippen LogP contribution in [0.25, 0.3) is 11.1 Å². The molecule has 2 rings (SSSR count). The van der Waals surface area contributed by atoms with Crippen LogP contribution in [0.1, 0.15) is 13.8 Å². The zero-order valence-electron chi connectivity index (χ0n) is 11.7. The molecule has 0 N–H and O–H groups in total. The first kappa shape index (κ1) is 14.8. The van der Waals surface area contributed by atoms with Gasteiger partial charge < -0.3 is 9.32 Å². The van der Waals surface area contributed by atoms with Gasteiger partial charge in [0.2, 0.25) is 0 Å². The number of para-hydroxylation sites is 2. The summed E-state index contributed by atoms with van der Waals surface area (Å²) in [5.74, 6) is 0. The van der Waals surface area contributed by atoms with Gasteiger partial charge >= 0.3 is 0 Å². The van der Waals surface area contributed by atoms with Crippen LogP contribution in [-0.4, -0.2) is 38.9 Å². The highest BCUT2D eigenvalue weighted by molar-refractivity contribution is 7.85. The van der Waals surface area contributed by atoms with Crippen molar-refractivity contribution in [1.29, 1.82) is 0 Å². The number of nitrogens with zero attached hydrogens (tertiary/aromatic N) is 2. The fourth-order valence-corrected chi connectivity index (χ4v) is 2.22. The maximum atomic E-state index is 11.0. The van der Waals surface area contributed by atoms with Gasteiger partial charge in [-0.2, -0.15) is 13.4 Å². The SMILES string of the molecule is CC(C)N(CCOS(C)(=O)=O)c1nc2ccccc2o1. The Labute approximate surface area is 118 Å². The van der Waals surface area contributed by atoms with Crippen molar-refractivity contribution in [3.8, 4) is 0 Å². The molecule has 1 heterocycles. The fourth-order valence-electron chi connectivity index (χ4n) is 1.84. The average molecular weight is 298 g/mol. The number of hydrogen-bond acceptors (Lipinski definition) is 6. The van der Waals surface area contributed by atoms with E-state index < -0.39 is 10.1 Å². The lowest BCUT2D eigenvalue weighted by atomic mass is 10.3. The third-order valence-corrected chi connectivity index (χ3v) is 3.38. The topological polar surface area (TPSA) is 72.6 Å². The summed E-state index contributed by atoms with van der Waals surface area (Å²) in [6, 6.07) is 8.07. The van der Waals surface area contributed by atoms with E-state index in [1.807, 2.05) is 43.0 Å². The summed E-state index contributed by atoms with van der Waals surface area (Å²) in [6.07, 6.45) is 1.03. The van der Waals surface area contributed by atoms with E-state index in [2.05, 4.69) is 4.98 Å². The first-order valence-electron chi connectivity index (χ1n) is 6.33. The first-order valence-corrected chi connectivity index (χ1v) is 8.15. The number of oxazole rings is 1. The van der Waals surface area contributed by atoms with Crippen LogP contribution in [0.3, 0.4) is 0 Å². The molecule has 0 aliphatic heterocycles. The van der Waals surface area contributed by atoms with Crippen LogP contribution in [0.4, 0.5) is 6.01 Å². The summed E-state index contributed by atoms with van der Waals surface area (Å²) < 4.78 is 32.4. The second-order valence-corrected chi connectivity index (χ2v) is 6.42. The molecule has 7 heteroatoms. The average Bonchev–Trinajstić information content (AvgIpc) is 2.76. The van der Waals surface area contributed by atoms with Crippen LogP contribution in [0.2, 0.25) is 0 Å². The smallest absolute Gasteiger partial charge is 0.298 e. The van der Waals surface area contributed by atoms with E-state index in [1.165, 1.54) is 0 Å². The van der Waals surface area contributed by atoms with Crippen molar-refractivity contribution >= 4 is 27.2 Å². The zero-order chi connectivity index (χ0) is 14.8. The number of hydrogen-bond donors (Lipinski definition) is 0. The molecule has 110 valence electrons. The van der Waals surface area contributed by atoms with Gasteiger partial charge in [-0.15, -0.1) is 0 Å². The maximum absolute atomic E-state index is 11.0. The molecule has 0 atom stereocenters. The first-order chi connectivity index (χ1) is 9.37. The highest BCUT2D eigenvalue weighted by Crippen LogP contribution is 2.22. The normalized spacial score (nSPS) is 12.2. The molecule has 2 aromatic rings. The molecular weight excluding hydrogens is 280 g/mol. The molecule has 0 saturated carbocycles. The Morgan fingerprint density at radius 1 is 1.35 bits per heavy atom. The van der Waals surface area contributed by atoms with E-state index in [0.29, 0.717) is 18.1 Å². The highest BCUT2D eigenvalue weighted by atomic mass is 32.2. The molecule has 0 radical (unpaired) electrons. The maximum Gasteiger partial charge on any atom is 0.298 e. The lowest BCUT2D eigenvalue weighted by Gasteiger charge is -2.24. The summed E-state index contributed by atoms with van der Waals surface area (Å²) in [5.41, 5.74) is 1.48. The highest BCUT2D eigenvalue weighted by Gasteiger charge is 2.17. The Morgan fingerprint density at radius 3 is 2.65 bits per heavy atom. The van der Waals surface area contributed by atoms with Crippen LogP contribution in [0, 0.1) is 0 Å². The second-order valence-electron chi connectivity index (χ2n) is 4.78. The molecular formula is C13H18N2O4S. The quantitative estimate of drug-likeness (QED) is 0.760. The molecule has 6 nitrogen and oxygen atoms in total. The molecule has 0 unspecified atom stereocenters. The van der Waals surface area contributed by atoms with Gasteiger partial charge in [0.15, 0.2) is 5.58 Å². The predicted octanol–water partition coefficient (Wildman–Crippen LogP) is 2.02. The molecule has 0 bridgehead atoms. The molecule has 20 heavy (non-hydrogen) atoms. The van der Waals surface area contributed by atoms with E-state index >= 15 is 0 Å². The van der Waals surface area contributed by atoms with Crippen LogP contribution in [0.5, 0.6) is 0 Å². The molecule has 0 fully saturated rings. The summed E-state index contributed by atoms with van der Waals surface area (Å²) in [4.78, 5) is 6.27. The van der Waals surface area contributed by atoms with E-state index in [4.69, 9.17) is 8.60 Å². The van der Waals surface area contributed by atoms with Gasteiger partial charge in [-0.3, -0.25) is 4.18 Å². The Bertz CT molecular complexity index is 645.